The Kier molecular flexibility index (Phi) is 8.18. The number of aryl methyl sites for hydroxylation is 1. The molecule has 1 heterocycles. The first kappa shape index (κ1) is 25.9. The molecule has 6 heteroatoms. The standard InChI is InChI=1S/C31H32N2O4/c1-5-6-7-29(34)33(30-27-14-12-26(31(35)37-4)19-25(27)16-17-32-30)20-22-8-10-23(11-9-22)24-13-15-28(36-3)21(2)18-24/h8-19H,5-7,20H2,1-4H3. The zero-order valence-electron chi connectivity index (χ0n) is 21.8. The first-order valence-electron chi connectivity index (χ1n) is 12.5. The minimum Gasteiger partial charge on any atom is -0.496 e. The number of nitrogens with zero attached hydrogens (tertiary/aromatic N) is 2. The lowest BCUT2D eigenvalue weighted by molar-refractivity contribution is -0.118. The van der Waals surface area contributed by atoms with Crippen molar-refractivity contribution in [3.05, 3.63) is 89.6 Å². The highest BCUT2D eigenvalue weighted by atomic mass is 16.5. The summed E-state index contributed by atoms with van der Waals surface area (Å²) < 4.78 is 10.2. The van der Waals surface area contributed by atoms with Crippen LogP contribution in [0.25, 0.3) is 21.9 Å². The number of hydrogen-bond donors (Lipinski definition) is 0. The first-order chi connectivity index (χ1) is 17.9. The number of benzene rings is 3. The predicted octanol–water partition coefficient (Wildman–Crippen LogP) is 6.73. The maximum absolute atomic E-state index is 13.4. The highest BCUT2D eigenvalue weighted by Gasteiger charge is 2.20. The summed E-state index contributed by atoms with van der Waals surface area (Å²) in [6, 6.07) is 21.5. The molecular weight excluding hydrogens is 464 g/mol. The number of carbonyl (C=O) groups is 2. The highest BCUT2D eigenvalue weighted by molar-refractivity contribution is 6.04. The zero-order chi connectivity index (χ0) is 26.4. The number of rotatable bonds is 9. The molecule has 3 aromatic carbocycles. The summed E-state index contributed by atoms with van der Waals surface area (Å²) in [6.45, 7) is 4.50. The molecule has 0 fully saturated rings. The summed E-state index contributed by atoms with van der Waals surface area (Å²) in [6.07, 6.45) is 3.86. The van der Waals surface area contributed by atoms with Gasteiger partial charge < -0.3 is 9.47 Å². The molecule has 0 spiro atoms. The second-order valence-corrected chi connectivity index (χ2v) is 9.03. The first-order valence-corrected chi connectivity index (χ1v) is 12.5. The van der Waals surface area contributed by atoms with Gasteiger partial charge in [0.05, 0.1) is 26.3 Å². The Hall–Kier alpha value is -4.19. The van der Waals surface area contributed by atoms with E-state index < -0.39 is 5.97 Å². The van der Waals surface area contributed by atoms with E-state index in [9.17, 15) is 9.59 Å². The van der Waals surface area contributed by atoms with Gasteiger partial charge in [-0.1, -0.05) is 43.7 Å². The Balaban J connectivity index is 1.66. The topological polar surface area (TPSA) is 68.7 Å². The summed E-state index contributed by atoms with van der Waals surface area (Å²) in [7, 11) is 3.03. The molecule has 0 aliphatic rings. The second-order valence-electron chi connectivity index (χ2n) is 9.03. The van der Waals surface area contributed by atoms with Crippen LogP contribution in [0.4, 0.5) is 5.82 Å². The van der Waals surface area contributed by atoms with E-state index in [0.717, 1.165) is 51.6 Å². The number of fused-ring (bicyclic) bond motifs is 1. The molecule has 0 aliphatic heterocycles. The van der Waals surface area contributed by atoms with E-state index in [4.69, 9.17) is 9.47 Å². The third-order valence-corrected chi connectivity index (χ3v) is 6.49. The molecule has 0 atom stereocenters. The Labute approximate surface area is 217 Å². The molecule has 0 radical (unpaired) electrons. The van der Waals surface area contributed by atoms with E-state index in [1.54, 1.807) is 30.3 Å². The number of methoxy groups -OCH3 is 2. The number of pyridine rings is 1. The van der Waals surface area contributed by atoms with Gasteiger partial charge in [-0.15, -0.1) is 0 Å². The molecule has 1 aromatic heterocycles. The Morgan fingerprint density at radius 1 is 0.919 bits per heavy atom. The fourth-order valence-corrected chi connectivity index (χ4v) is 4.41. The van der Waals surface area contributed by atoms with Crippen LogP contribution < -0.4 is 9.64 Å². The number of amides is 1. The zero-order valence-corrected chi connectivity index (χ0v) is 21.8. The second kappa shape index (κ2) is 11.7. The molecule has 0 unspecified atom stereocenters. The number of unbranched alkanes of at least 4 members (excludes halogenated alkanes) is 1. The van der Waals surface area contributed by atoms with Gasteiger partial charge in [-0.05, 0) is 77.4 Å². The van der Waals surface area contributed by atoms with Gasteiger partial charge >= 0.3 is 5.97 Å². The minimum atomic E-state index is -0.400. The lowest BCUT2D eigenvalue weighted by Gasteiger charge is -2.24. The minimum absolute atomic E-state index is 0.0220. The van der Waals surface area contributed by atoms with Crippen LogP contribution in [0.3, 0.4) is 0 Å². The van der Waals surface area contributed by atoms with Gasteiger partial charge in [0.2, 0.25) is 5.91 Å². The molecule has 0 aliphatic carbocycles. The van der Waals surface area contributed by atoms with Gasteiger partial charge in [-0.25, -0.2) is 9.78 Å². The van der Waals surface area contributed by atoms with E-state index in [1.807, 2.05) is 31.2 Å². The maximum Gasteiger partial charge on any atom is 0.337 e. The molecule has 6 nitrogen and oxygen atoms in total. The van der Waals surface area contributed by atoms with Crippen LogP contribution in [-0.4, -0.2) is 31.1 Å². The highest BCUT2D eigenvalue weighted by Crippen LogP contribution is 2.29. The van der Waals surface area contributed by atoms with Crippen LogP contribution in [-0.2, 0) is 16.1 Å². The number of esters is 1. The van der Waals surface area contributed by atoms with Crippen LogP contribution >= 0.6 is 0 Å². The summed E-state index contributed by atoms with van der Waals surface area (Å²) in [4.78, 5) is 31.7. The van der Waals surface area contributed by atoms with Crippen LogP contribution in [0.2, 0.25) is 0 Å². The molecule has 0 bridgehead atoms. The molecule has 4 rings (SSSR count). The van der Waals surface area contributed by atoms with Gasteiger partial charge in [0.15, 0.2) is 0 Å². The van der Waals surface area contributed by atoms with Gasteiger partial charge in [0, 0.05) is 18.0 Å². The van der Waals surface area contributed by atoms with Crippen molar-refractivity contribution >= 4 is 28.5 Å². The van der Waals surface area contributed by atoms with Crippen molar-refractivity contribution in [2.24, 2.45) is 0 Å². The number of aromatic nitrogens is 1. The van der Waals surface area contributed by atoms with E-state index in [-0.39, 0.29) is 5.91 Å². The van der Waals surface area contributed by atoms with E-state index in [1.165, 1.54) is 7.11 Å². The van der Waals surface area contributed by atoms with Crippen molar-refractivity contribution in [1.29, 1.82) is 0 Å². The molecule has 0 saturated carbocycles. The molecule has 4 aromatic rings. The van der Waals surface area contributed by atoms with Gasteiger partial charge in [-0.2, -0.15) is 0 Å². The van der Waals surface area contributed by atoms with Crippen molar-refractivity contribution in [3.8, 4) is 16.9 Å². The third-order valence-electron chi connectivity index (χ3n) is 6.49. The molecule has 190 valence electrons. The average Bonchev–Trinajstić information content (AvgIpc) is 2.93. The number of ether oxygens (including phenoxy) is 2. The van der Waals surface area contributed by atoms with Crippen LogP contribution in [0, 0.1) is 6.92 Å². The van der Waals surface area contributed by atoms with E-state index in [0.29, 0.717) is 24.3 Å². The monoisotopic (exact) mass is 496 g/mol. The lowest BCUT2D eigenvalue weighted by Crippen LogP contribution is -2.31. The largest absolute Gasteiger partial charge is 0.496 e. The Morgan fingerprint density at radius 3 is 2.35 bits per heavy atom. The number of anilines is 1. The van der Waals surface area contributed by atoms with Gasteiger partial charge in [0.1, 0.15) is 11.6 Å². The molecule has 0 N–H and O–H groups in total. The Morgan fingerprint density at radius 2 is 1.68 bits per heavy atom. The SMILES string of the molecule is CCCCC(=O)N(Cc1ccc(-c2ccc(OC)c(C)c2)cc1)c1nccc2cc(C(=O)OC)ccc12. The normalized spacial score (nSPS) is 10.8. The average molecular weight is 497 g/mol. The third kappa shape index (κ3) is 5.80. The van der Waals surface area contributed by atoms with Gasteiger partial charge in [0.25, 0.3) is 0 Å². The van der Waals surface area contributed by atoms with Crippen molar-refractivity contribution < 1.29 is 19.1 Å². The van der Waals surface area contributed by atoms with Crippen LogP contribution in [0.1, 0.15) is 47.7 Å². The molecule has 1 amide bonds. The van der Waals surface area contributed by atoms with E-state index in [2.05, 4.69) is 42.2 Å². The number of hydrogen-bond acceptors (Lipinski definition) is 5. The fraction of sp³-hybridized carbons (Fsp3) is 0.258. The van der Waals surface area contributed by atoms with Crippen LogP contribution in [0.15, 0.2) is 72.9 Å². The smallest absolute Gasteiger partial charge is 0.337 e. The molecule has 37 heavy (non-hydrogen) atoms. The van der Waals surface area contributed by atoms with Crippen molar-refractivity contribution in [2.75, 3.05) is 19.1 Å². The van der Waals surface area contributed by atoms with Crippen molar-refractivity contribution in [2.45, 2.75) is 39.7 Å². The van der Waals surface area contributed by atoms with Crippen molar-refractivity contribution in [3.63, 3.8) is 0 Å². The maximum atomic E-state index is 13.4. The summed E-state index contributed by atoms with van der Waals surface area (Å²) in [5.41, 5.74) is 4.74. The number of carbonyl (C=O) groups excluding carboxylic acids is 2. The fourth-order valence-electron chi connectivity index (χ4n) is 4.41. The Bertz CT molecular complexity index is 1410. The van der Waals surface area contributed by atoms with Crippen LogP contribution in [0.5, 0.6) is 5.75 Å². The summed E-state index contributed by atoms with van der Waals surface area (Å²) in [5.74, 6) is 1.07. The molecule has 0 saturated heterocycles. The predicted molar refractivity (Wildman–Crippen MR) is 147 cm³/mol. The van der Waals surface area contributed by atoms with E-state index >= 15 is 0 Å². The lowest BCUT2D eigenvalue weighted by atomic mass is 10.0. The van der Waals surface area contributed by atoms with Gasteiger partial charge in [-0.3, -0.25) is 9.69 Å². The summed E-state index contributed by atoms with van der Waals surface area (Å²) in [5, 5.41) is 1.64. The quantitative estimate of drug-likeness (QED) is 0.240. The summed E-state index contributed by atoms with van der Waals surface area (Å²) >= 11 is 0. The molecular formula is C31H32N2O4. The van der Waals surface area contributed by atoms with Crippen molar-refractivity contribution in [1.82, 2.24) is 4.98 Å².